The molecule has 0 saturated carbocycles. The molecule has 5 nitrogen and oxygen atoms in total. The van der Waals surface area contributed by atoms with Crippen molar-refractivity contribution in [2.45, 2.75) is 33.7 Å². The third-order valence-electron chi connectivity index (χ3n) is 4.24. The number of aromatic nitrogens is 3. The van der Waals surface area contributed by atoms with Gasteiger partial charge in [-0.1, -0.05) is 23.4 Å². The minimum Gasteiger partial charge on any atom is -0.324 e. The average molecular weight is 308 g/mol. The number of nitrogens with zero attached hydrogens (tertiary/aromatic N) is 3. The van der Waals surface area contributed by atoms with Crippen molar-refractivity contribution in [3.63, 3.8) is 0 Å². The van der Waals surface area contributed by atoms with Crippen LogP contribution in [0.15, 0.2) is 36.4 Å². The van der Waals surface area contributed by atoms with Gasteiger partial charge in [0.25, 0.3) is 0 Å². The zero-order chi connectivity index (χ0) is 16.6. The molecule has 1 amide bonds. The van der Waals surface area contributed by atoms with Crippen molar-refractivity contribution in [1.29, 1.82) is 0 Å². The predicted molar refractivity (Wildman–Crippen MR) is 91.5 cm³/mol. The molecule has 0 aliphatic carbocycles. The van der Waals surface area contributed by atoms with Crippen LogP contribution in [-0.4, -0.2) is 20.9 Å². The van der Waals surface area contributed by atoms with Crippen molar-refractivity contribution in [2.75, 3.05) is 5.32 Å². The molecule has 1 heterocycles. The van der Waals surface area contributed by atoms with E-state index in [1.165, 1.54) is 5.56 Å². The molecule has 3 aromatic rings. The summed E-state index contributed by atoms with van der Waals surface area (Å²) in [5.41, 5.74) is 5.86. The molecule has 0 aliphatic rings. The summed E-state index contributed by atoms with van der Waals surface area (Å²) in [5.74, 6) is -0.107. The van der Waals surface area contributed by atoms with Crippen LogP contribution in [0.1, 0.15) is 29.7 Å². The Morgan fingerprint density at radius 2 is 1.78 bits per heavy atom. The van der Waals surface area contributed by atoms with Crippen LogP contribution in [-0.2, 0) is 4.79 Å². The van der Waals surface area contributed by atoms with E-state index in [2.05, 4.69) is 15.6 Å². The van der Waals surface area contributed by atoms with E-state index >= 15 is 0 Å². The summed E-state index contributed by atoms with van der Waals surface area (Å²) in [6.07, 6.45) is 0. The molecule has 1 aromatic heterocycles. The highest BCUT2D eigenvalue weighted by Crippen LogP contribution is 2.21. The van der Waals surface area contributed by atoms with Gasteiger partial charge in [0, 0.05) is 5.69 Å². The first kappa shape index (κ1) is 15.2. The van der Waals surface area contributed by atoms with Crippen LogP contribution in [0.3, 0.4) is 0 Å². The second-order valence-electron chi connectivity index (χ2n) is 5.94. The van der Waals surface area contributed by atoms with Crippen LogP contribution in [0, 0.1) is 20.8 Å². The number of carbonyl (C=O) groups excluding carboxylic acids is 1. The number of amides is 1. The molecule has 0 aliphatic heterocycles. The number of aryl methyl sites for hydroxylation is 3. The normalized spacial score (nSPS) is 12.3. The fraction of sp³-hybridized carbons (Fsp3) is 0.278. The lowest BCUT2D eigenvalue weighted by atomic mass is 10.1. The standard InChI is InChI=1S/C18H20N4O/c1-11-7-5-6-8-15(11)19-18(23)14(4)22-17-10-13(3)12(2)9-16(17)20-21-22/h5-10,14H,1-4H3,(H,19,23). The average Bonchev–Trinajstić information content (AvgIpc) is 2.92. The van der Waals surface area contributed by atoms with Crippen molar-refractivity contribution < 1.29 is 4.79 Å². The van der Waals surface area contributed by atoms with Gasteiger partial charge >= 0.3 is 0 Å². The second kappa shape index (κ2) is 5.83. The molecular weight excluding hydrogens is 288 g/mol. The number of para-hydroxylation sites is 1. The first-order valence-electron chi connectivity index (χ1n) is 7.66. The monoisotopic (exact) mass is 308 g/mol. The Hall–Kier alpha value is -2.69. The van der Waals surface area contributed by atoms with Crippen molar-refractivity contribution in [3.8, 4) is 0 Å². The Bertz CT molecular complexity index is 882. The molecule has 0 saturated heterocycles. The highest BCUT2D eigenvalue weighted by Gasteiger charge is 2.19. The molecule has 118 valence electrons. The number of nitrogens with one attached hydrogen (secondary N) is 1. The SMILES string of the molecule is Cc1cc2nnn(C(C)C(=O)Nc3ccccc3C)c2cc1C. The lowest BCUT2D eigenvalue weighted by molar-refractivity contribution is -0.119. The summed E-state index contributed by atoms with van der Waals surface area (Å²) in [4.78, 5) is 12.6. The molecule has 5 heteroatoms. The molecule has 0 fully saturated rings. The topological polar surface area (TPSA) is 59.8 Å². The zero-order valence-electron chi connectivity index (χ0n) is 13.8. The molecule has 1 unspecified atom stereocenters. The molecule has 0 bridgehead atoms. The number of benzene rings is 2. The molecule has 2 aromatic carbocycles. The molecule has 1 atom stereocenters. The van der Waals surface area contributed by atoms with Gasteiger partial charge in [-0.05, 0) is 62.6 Å². The second-order valence-corrected chi connectivity index (χ2v) is 5.94. The van der Waals surface area contributed by atoms with Crippen LogP contribution in [0.4, 0.5) is 5.69 Å². The molecule has 23 heavy (non-hydrogen) atoms. The number of anilines is 1. The quantitative estimate of drug-likeness (QED) is 0.805. The van der Waals surface area contributed by atoms with Crippen LogP contribution in [0.5, 0.6) is 0 Å². The lowest BCUT2D eigenvalue weighted by Crippen LogP contribution is -2.24. The number of hydrogen-bond donors (Lipinski definition) is 1. The van der Waals surface area contributed by atoms with E-state index in [-0.39, 0.29) is 5.91 Å². The number of carbonyl (C=O) groups is 1. The fourth-order valence-electron chi connectivity index (χ4n) is 2.54. The van der Waals surface area contributed by atoms with Gasteiger partial charge in [-0.3, -0.25) is 4.79 Å². The van der Waals surface area contributed by atoms with Crippen molar-refractivity contribution in [3.05, 3.63) is 53.1 Å². The number of hydrogen-bond acceptors (Lipinski definition) is 3. The largest absolute Gasteiger partial charge is 0.324 e. The summed E-state index contributed by atoms with van der Waals surface area (Å²) in [6.45, 7) is 7.89. The van der Waals surface area contributed by atoms with Crippen LogP contribution >= 0.6 is 0 Å². The van der Waals surface area contributed by atoms with E-state index in [0.29, 0.717) is 0 Å². The van der Waals surface area contributed by atoms with Gasteiger partial charge in [-0.15, -0.1) is 5.10 Å². The van der Waals surface area contributed by atoms with Crippen LogP contribution in [0.2, 0.25) is 0 Å². The summed E-state index contributed by atoms with van der Waals surface area (Å²) >= 11 is 0. The first-order valence-corrected chi connectivity index (χ1v) is 7.66. The minimum atomic E-state index is -0.443. The Labute approximate surface area is 135 Å². The first-order chi connectivity index (χ1) is 11.0. The molecule has 3 rings (SSSR count). The maximum atomic E-state index is 12.6. The van der Waals surface area contributed by atoms with E-state index in [9.17, 15) is 4.79 Å². The summed E-state index contributed by atoms with van der Waals surface area (Å²) in [7, 11) is 0. The summed E-state index contributed by atoms with van der Waals surface area (Å²) in [6, 6.07) is 11.3. The summed E-state index contributed by atoms with van der Waals surface area (Å²) in [5, 5.41) is 11.3. The Balaban J connectivity index is 1.91. The third-order valence-corrected chi connectivity index (χ3v) is 4.24. The minimum absolute atomic E-state index is 0.107. The maximum Gasteiger partial charge on any atom is 0.249 e. The Morgan fingerprint density at radius 1 is 1.09 bits per heavy atom. The van der Waals surface area contributed by atoms with E-state index in [1.54, 1.807) is 4.68 Å². The van der Waals surface area contributed by atoms with Gasteiger partial charge in [0.05, 0.1) is 5.52 Å². The third kappa shape index (κ3) is 2.82. The fourth-order valence-corrected chi connectivity index (χ4v) is 2.54. The number of fused-ring (bicyclic) bond motifs is 1. The summed E-state index contributed by atoms with van der Waals surface area (Å²) < 4.78 is 1.68. The van der Waals surface area contributed by atoms with Gasteiger partial charge in [-0.2, -0.15) is 0 Å². The molecule has 1 N–H and O–H groups in total. The number of rotatable bonds is 3. The van der Waals surface area contributed by atoms with Crippen LogP contribution < -0.4 is 5.32 Å². The predicted octanol–water partition coefficient (Wildman–Crippen LogP) is 3.56. The van der Waals surface area contributed by atoms with E-state index < -0.39 is 6.04 Å². The van der Waals surface area contributed by atoms with Gasteiger partial charge in [0.2, 0.25) is 5.91 Å². The Morgan fingerprint density at radius 3 is 2.52 bits per heavy atom. The van der Waals surface area contributed by atoms with Crippen molar-refractivity contribution in [2.24, 2.45) is 0 Å². The lowest BCUT2D eigenvalue weighted by Gasteiger charge is -2.14. The van der Waals surface area contributed by atoms with Gasteiger partial charge in [0.1, 0.15) is 11.6 Å². The maximum absolute atomic E-state index is 12.6. The molecular formula is C18H20N4O. The van der Waals surface area contributed by atoms with Crippen molar-refractivity contribution >= 4 is 22.6 Å². The van der Waals surface area contributed by atoms with Crippen molar-refractivity contribution in [1.82, 2.24) is 15.0 Å². The molecule has 0 spiro atoms. The zero-order valence-corrected chi connectivity index (χ0v) is 13.8. The van der Waals surface area contributed by atoms with Gasteiger partial charge in [-0.25, -0.2) is 4.68 Å². The highest BCUT2D eigenvalue weighted by atomic mass is 16.2. The Kier molecular flexibility index (Phi) is 3.86. The van der Waals surface area contributed by atoms with Gasteiger partial charge < -0.3 is 5.32 Å². The highest BCUT2D eigenvalue weighted by molar-refractivity contribution is 5.95. The van der Waals surface area contributed by atoms with E-state index in [4.69, 9.17) is 0 Å². The smallest absolute Gasteiger partial charge is 0.249 e. The van der Waals surface area contributed by atoms with Gasteiger partial charge in [0.15, 0.2) is 0 Å². The van der Waals surface area contributed by atoms with Crippen LogP contribution in [0.25, 0.3) is 11.0 Å². The van der Waals surface area contributed by atoms with E-state index in [1.807, 2.05) is 64.1 Å². The molecule has 0 radical (unpaired) electrons. The van der Waals surface area contributed by atoms with E-state index in [0.717, 1.165) is 27.8 Å².